The molecule has 1 heteroatoms. The number of ether oxygens (including phenoxy) is 1. The molecule has 1 aromatic carbocycles. The molecular formula is C18H30O. The maximum Gasteiger partial charge on any atom is 0.123 e. The highest BCUT2D eigenvalue weighted by atomic mass is 16.5. The minimum atomic E-state index is -0.132. The van der Waals surface area contributed by atoms with Gasteiger partial charge in [0, 0.05) is 0 Å². The van der Waals surface area contributed by atoms with Gasteiger partial charge in [-0.25, -0.2) is 0 Å². The summed E-state index contributed by atoms with van der Waals surface area (Å²) in [5.74, 6) is 1.06. The van der Waals surface area contributed by atoms with Crippen molar-refractivity contribution in [2.75, 3.05) is 0 Å². The van der Waals surface area contributed by atoms with E-state index in [0.29, 0.717) is 5.41 Å². The van der Waals surface area contributed by atoms with E-state index in [9.17, 15) is 0 Å². The minimum absolute atomic E-state index is 0.132. The van der Waals surface area contributed by atoms with Crippen molar-refractivity contribution in [1.29, 1.82) is 0 Å². The SMILES string of the molecule is CCc1c(CCC(C)(C)C)cccc1OC(C)(C)C. The first-order valence-corrected chi connectivity index (χ1v) is 7.42. The summed E-state index contributed by atoms with van der Waals surface area (Å²) in [6, 6.07) is 6.48. The van der Waals surface area contributed by atoms with E-state index in [1.807, 2.05) is 0 Å². The van der Waals surface area contributed by atoms with Gasteiger partial charge in [0.1, 0.15) is 11.4 Å². The maximum absolute atomic E-state index is 6.10. The van der Waals surface area contributed by atoms with Crippen LogP contribution in [0, 0.1) is 5.41 Å². The summed E-state index contributed by atoms with van der Waals surface area (Å²) in [4.78, 5) is 0. The van der Waals surface area contributed by atoms with Crippen molar-refractivity contribution in [1.82, 2.24) is 0 Å². The molecule has 0 radical (unpaired) electrons. The molecule has 0 amide bonds. The van der Waals surface area contributed by atoms with E-state index in [1.165, 1.54) is 17.5 Å². The number of aryl methyl sites for hydroxylation is 1. The Morgan fingerprint density at radius 3 is 2.11 bits per heavy atom. The molecule has 0 atom stereocenters. The number of hydrogen-bond acceptors (Lipinski definition) is 1. The Morgan fingerprint density at radius 1 is 1.00 bits per heavy atom. The van der Waals surface area contributed by atoms with Gasteiger partial charge in [-0.1, -0.05) is 39.8 Å². The van der Waals surface area contributed by atoms with Crippen LogP contribution in [-0.4, -0.2) is 5.60 Å². The molecule has 1 aromatic rings. The largest absolute Gasteiger partial charge is 0.488 e. The second-order valence-electron chi connectivity index (χ2n) is 7.52. The van der Waals surface area contributed by atoms with E-state index in [4.69, 9.17) is 4.74 Å². The van der Waals surface area contributed by atoms with Gasteiger partial charge in [0.15, 0.2) is 0 Å². The Balaban J connectivity index is 2.96. The molecule has 0 saturated heterocycles. The first-order valence-electron chi connectivity index (χ1n) is 7.42. The number of benzene rings is 1. The highest BCUT2D eigenvalue weighted by molar-refractivity contribution is 5.40. The van der Waals surface area contributed by atoms with Crippen molar-refractivity contribution >= 4 is 0 Å². The van der Waals surface area contributed by atoms with E-state index < -0.39 is 0 Å². The van der Waals surface area contributed by atoms with E-state index in [0.717, 1.165) is 18.6 Å². The first-order chi connectivity index (χ1) is 8.62. The lowest BCUT2D eigenvalue weighted by molar-refractivity contribution is 0.129. The van der Waals surface area contributed by atoms with Crippen molar-refractivity contribution in [3.05, 3.63) is 29.3 Å². The molecule has 0 saturated carbocycles. The van der Waals surface area contributed by atoms with Gasteiger partial charge in [-0.15, -0.1) is 0 Å². The van der Waals surface area contributed by atoms with Crippen molar-refractivity contribution < 1.29 is 4.74 Å². The van der Waals surface area contributed by atoms with Crippen LogP contribution >= 0.6 is 0 Å². The summed E-state index contributed by atoms with van der Waals surface area (Å²) in [6.45, 7) is 15.4. The van der Waals surface area contributed by atoms with E-state index in [1.54, 1.807) is 0 Å². The van der Waals surface area contributed by atoms with Gasteiger partial charge >= 0.3 is 0 Å². The Kier molecular flexibility index (Phi) is 5.06. The normalized spacial score (nSPS) is 12.6. The number of rotatable bonds is 4. The summed E-state index contributed by atoms with van der Waals surface area (Å²) < 4.78 is 6.10. The average Bonchev–Trinajstić information content (AvgIpc) is 2.23. The summed E-state index contributed by atoms with van der Waals surface area (Å²) >= 11 is 0. The van der Waals surface area contributed by atoms with Crippen LogP contribution in [0.2, 0.25) is 0 Å². The molecule has 0 aliphatic carbocycles. The van der Waals surface area contributed by atoms with Gasteiger partial charge < -0.3 is 4.74 Å². The van der Waals surface area contributed by atoms with Crippen molar-refractivity contribution in [3.63, 3.8) is 0 Å². The van der Waals surface area contributed by atoms with Crippen molar-refractivity contribution in [2.24, 2.45) is 5.41 Å². The van der Waals surface area contributed by atoms with Gasteiger partial charge in [-0.3, -0.25) is 0 Å². The molecule has 0 heterocycles. The van der Waals surface area contributed by atoms with E-state index in [2.05, 4.69) is 66.7 Å². The Labute approximate surface area is 119 Å². The minimum Gasteiger partial charge on any atom is -0.488 e. The predicted octanol–water partition coefficient (Wildman–Crippen LogP) is 5.41. The topological polar surface area (TPSA) is 9.23 Å². The van der Waals surface area contributed by atoms with Crippen LogP contribution in [-0.2, 0) is 12.8 Å². The lowest BCUT2D eigenvalue weighted by Crippen LogP contribution is -2.24. The molecule has 19 heavy (non-hydrogen) atoms. The van der Waals surface area contributed by atoms with Gasteiger partial charge in [0.2, 0.25) is 0 Å². The van der Waals surface area contributed by atoms with Crippen LogP contribution in [0.15, 0.2) is 18.2 Å². The highest BCUT2D eigenvalue weighted by Gasteiger charge is 2.17. The standard InChI is InChI=1S/C18H30O/c1-8-15-14(12-13-17(2,3)4)10-9-11-16(15)19-18(5,6)7/h9-11H,8,12-13H2,1-7H3. The van der Waals surface area contributed by atoms with Gasteiger partial charge in [-0.2, -0.15) is 0 Å². The molecule has 0 fully saturated rings. The van der Waals surface area contributed by atoms with Crippen LogP contribution in [0.1, 0.15) is 66.0 Å². The molecule has 0 aliphatic heterocycles. The zero-order valence-electron chi connectivity index (χ0n) is 13.8. The Morgan fingerprint density at radius 2 is 1.63 bits per heavy atom. The summed E-state index contributed by atoms with van der Waals surface area (Å²) in [6.07, 6.45) is 3.37. The van der Waals surface area contributed by atoms with Gasteiger partial charge in [0.25, 0.3) is 0 Å². The fourth-order valence-corrected chi connectivity index (χ4v) is 2.18. The van der Waals surface area contributed by atoms with Crippen LogP contribution in [0.3, 0.4) is 0 Å². The van der Waals surface area contributed by atoms with E-state index in [-0.39, 0.29) is 5.60 Å². The van der Waals surface area contributed by atoms with Crippen LogP contribution in [0.5, 0.6) is 5.75 Å². The Hall–Kier alpha value is -0.980. The lowest BCUT2D eigenvalue weighted by atomic mass is 9.87. The predicted molar refractivity (Wildman–Crippen MR) is 84.0 cm³/mol. The molecule has 0 bridgehead atoms. The quantitative estimate of drug-likeness (QED) is 0.705. The maximum atomic E-state index is 6.10. The van der Waals surface area contributed by atoms with Gasteiger partial charge in [-0.05, 0) is 62.6 Å². The monoisotopic (exact) mass is 262 g/mol. The van der Waals surface area contributed by atoms with Crippen LogP contribution < -0.4 is 4.74 Å². The number of hydrogen-bond donors (Lipinski definition) is 0. The fraction of sp³-hybridized carbons (Fsp3) is 0.667. The van der Waals surface area contributed by atoms with Crippen LogP contribution in [0.25, 0.3) is 0 Å². The zero-order valence-corrected chi connectivity index (χ0v) is 13.8. The average molecular weight is 262 g/mol. The molecule has 1 rings (SSSR count). The summed E-state index contributed by atoms with van der Waals surface area (Å²) in [5, 5.41) is 0. The molecule has 0 aliphatic rings. The molecule has 1 nitrogen and oxygen atoms in total. The molecule has 0 unspecified atom stereocenters. The molecular weight excluding hydrogens is 232 g/mol. The third-order valence-corrected chi connectivity index (χ3v) is 3.14. The summed E-state index contributed by atoms with van der Waals surface area (Å²) in [7, 11) is 0. The van der Waals surface area contributed by atoms with Crippen LogP contribution in [0.4, 0.5) is 0 Å². The third kappa shape index (κ3) is 5.67. The van der Waals surface area contributed by atoms with E-state index >= 15 is 0 Å². The fourth-order valence-electron chi connectivity index (χ4n) is 2.18. The van der Waals surface area contributed by atoms with Crippen molar-refractivity contribution in [3.8, 4) is 5.75 Å². The summed E-state index contributed by atoms with van der Waals surface area (Å²) in [5.41, 5.74) is 3.07. The Bertz CT molecular complexity index is 405. The van der Waals surface area contributed by atoms with Gasteiger partial charge in [0.05, 0.1) is 0 Å². The smallest absolute Gasteiger partial charge is 0.123 e. The molecule has 0 spiro atoms. The third-order valence-electron chi connectivity index (χ3n) is 3.14. The molecule has 0 N–H and O–H groups in total. The molecule has 108 valence electrons. The second-order valence-corrected chi connectivity index (χ2v) is 7.52. The van der Waals surface area contributed by atoms with Crippen molar-refractivity contribution in [2.45, 2.75) is 73.3 Å². The highest BCUT2D eigenvalue weighted by Crippen LogP contribution is 2.29. The first kappa shape index (κ1) is 16.1. The second kappa shape index (κ2) is 5.98. The zero-order chi connectivity index (χ0) is 14.7. The lowest BCUT2D eigenvalue weighted by Gasteiger charge is -2.25. The molecule has 0 aromatic heterocycles.